The number of nitrogens with one attached hydrogen (secondary N) is 1. The standard InChI is InChI=1S/C14H19N3O4S/c1-3-15-13(18)9-16(4-2)14(19)10-22-12-7-5-11(6-8-12)17(20)21/h5-8H,3-4,9-10H2,1-2H3,(H,15,18). The van der Waals surface area contributed by atoms with Crippen molar-refractivity contribution < 1.29 is 14.5 Å². The van der Waals surface area contributed by atoms with Gasteiger partial charge in [0.05, 0.1) is 17.2 Å². The van der Waals surface area contributed by atoms with Crippen molar-refractivity contribution >= 4 is 29.3 Å². The van der Waals surface area contributed by atoms with Gasteiger partial charge in [-0.15, -0.1) is 11.8 Å². The molecule has 22 heavy (non-hydrogen) atoms. The molecule has 0 aliphatic carbocycles. The number of nitrogens with zero attached hydrogens (tertiary/aromatic N) is 2. The van der Waals surface area contributed by atoms with Gasteiger partial charge in [-0.05, 0) is 26.0 Å². The number of amides is 2. The highest BCUT2D eigenvalue weighted by Crippen LogP contribution is 2.21. The summed E-state index contributed by atoms with van der Waals surface area (Å²) in [6.07, 6.45) is 0. The normalized spacial score (nSPS) is 10.1. The first-order valence-electron chi connectivity index (χ1n) is 6.89. The Balaban J connectivity index is 2.52. The molecule has 0 spiro atoms. The third-order valence-electron chi connectivity index (χ3n) is 2.85. The van der Waals surface area contributed by atoms with Crippen LogP contribution in [0.15, 0.2) is 29.2 Å². The van der Waals surface area contributed by atoms with Crippen LogP contribution < -0.4 is 5.32 Å². The lowest BCUT2D eigenvalue weighted by molar-refractivity contribution is -0.384. The Labute approximate surface area is 133 Å². The van der Waals surface area contributed by atoms with Gasteiger partial charge in [0, 0.05) is 30.1 Å². The summed E-state index contributed by atoms with van der Waals surface area (Å²) in [4.78, 5) is 35.9. The smallest absolute Gasteiger partial charge is 0.269 e. The minimum atomic E-state index is -0.468. The van der Waals surface area contributed by atoms with E-state index in [1.807, 2.05) is 13.8 Å². The van der Waals surface area contributed by atoms with Crippen molar-refractivity contribution in [3.63, 3.8) is 0 Å². The fraction of sp³-hybridized carbons (Fsp3) is 0.429. The molecule has 8 heteroatoms. The number of hydrogen-bond acceptors (Lipinski definition) is 5. The number of thioether (sulfide) groups is 1. The Morgan fingerprint density at radius 3 is 2.41 bits per heavy atom. The summed E-state index contributed by atoms with van der Waals surface area (Å²) in [6.45, 7) is 4.66. The van der Waals surface area contributed by atoms with E-state index in [1.54, 1.807) is 12.1 Å². The highest BCUT2D eigenvalue weighted by Gasteiger charge is 2.15. The Kier molecular flexibility index (Phi) is 7.38. The molecule has 0 saturated heterocycles. The third kappa shape index (κ3) is 5.72. The summed E-state index contributed by atoms with van der Waals surface area (Å²) >= 11 is 1.29. The van der Waals surface area contributed by atoms with E-state index in [9.17, 15) is 19.7 Å². The lowest BCUT2D eigenvalue weighted by Gasteiger charge is -2.20. The maximum absolute atomic E-state index is 12.1. The number of carbonyl (C=O) groups is 2. The summed E-state index contributed by atoms with van der Waals surface area (Å²) in [5, 5.41) is 13.2. The maximum Gasteiger partial charge on any atom is 0.269 e. The Morgan fingerprint density at radius 2 is 1.91 bits per heavy atom. The van der Waals surface area contributed by atoms with E-state index < -0.39 is 4.92 Å². The first-order chi connectivity index (χ1) is 10.5. The first-order valence-corrected chi connectivity index (χ1v) is 7.88. The van der Waals surface area contributed by atoms with Crippen molar-refractivity contribution in [1.29, 1.82) is 0 Å². The number of non-ortho nitro benzene ring substituents is 1. The minimum absolute atomic E-state index is 0.0158. The van der Waals surface area contributed by atoms with Crippen molar-refractivity contribution in [2.75, 3.05) is 25.4 Å². The quantitative estimate of drug-likeness (QED) is 0.446. The molecule has 120 valence electrons. The van der Waals surface area contributed by atoms with Gasteiger partial charge >= 0.3 is 0 Å². The number of nitro groups is 1. The zero-order valence-electron chi connectivity index (χ0n) is 12.6. The van der Waals surface area contributed by atoms with Crippen LogP contribution in [0.2, 0.25) is 0 Å². The molecule has 0 aromatic heterocycles. The average Bonchev–Trinajstić information content (AvgIpc) is 2.50. The molecule has 0 fully saturated rings. The summed E-state index contributed by atoms with van der Waals surface area (Å²) < 4.78 is 0. The molecule has 1 rings (SSSR count). The van der Waals surface area contributed by atoms with Gasteiger partial charge in [-0.1, -0.05) is 0 Å². The van der Waals surface area contributed by atoms with E-state index in [1.165, 1.54) is 28.8 Å². The van der Waals surface area contributed by atoms with E-state index in [4.69, 9.17) is 0 Å². The highest BCUT2D eigenvalue weighted by molar-refractivity contribution is 8.00. The molecule has 2 amide bonds. The van der Waals surface area contributed by atoms with Crippen molar-refractivity contribution in [2.24, 2.45) is 0 Å². The molecule has 0 unspecified atom stereocenters. The van der Waals surface area contributed by atoms with Crippen LogP contribution in [-0.2, 0) is 9.59 Å². The maximum atomic E-state index is 12.1. The van der Waals surface area contributed by atoms with Gasteiger partial charge in [-0.2, -0.15) is 0 Å². The lowest BCUT2D eigenvalue weighted by atomic mass is 10.3. The van der Waals surface area contributed by atoms with Crippen LogP contribution in [0.1, 0.15) is 13.8 Å². The second-order valence-electron chi connectivity index (χ2n) is 4.40. The number of nitro benzene ring substituents is 1. The van der Waals surface area contributed by atoms with Crippen LogP contribution in [0.25, 0.3) is 0 Å². The number of hydrogen-bond donors (Lipinski definition) is 1. The van der Waals surface area contributed by atoms with Gasteiger partial charge in [0.25, 0.3) is 5.69 Å². The van der Waals surface area contributed by atoms with E-state index in [0.29, 0.717) is 13.1 Å². The van der Waals surface area contributed by atoms with E-state index in [0.717, 1.165) is 4.90 Å². The molecule has 1 aromatic carbocycles. The largest absolute Gasteiger partial charge is 0.355 e. The predicted octanol–water partition coefficient (Wildman–Crippen LogP) is 1.67. The van der Waals surface area contributed by atoms with E-state index >= 15 is 0 Å². The predicted molar refractivity (Wildman–Crippen MR) is 84.8 cm³/mol. The SMILES string of the molecule is CCNC(=O)CN(CC)C(=O)CSc1ccc([N+](=O)[O-])cc1. The Bertz CT molecular complexity index is 533. The average molecular weight is 325 g/mol. The van der Waals surface area contributed by atoms with Gasteiger partial charge in [0.15, 0.2) is 0 Å². The summed E-state index contributed by atoms with van der Waals surface area (Å²) in [6, 6.07) is 6.02. The zero-order valence-corrected chi connectivity index (χ0v) is 13.4. The van der Waals surface area contributed by atoms with Crippen LogP contribution >= 0.6 is 11.8 Å². The fourth-order valence-corrected chi connectivity index (χ4v) is 2.50. The van der Waals surface area contributed by atoms with Crippen LogP contribution in [0.5, 0.6) is 0 Å². The van der Waals surface area contributed by atoms with E-state index in [-0.39, 0.29) is 29.8 Å². The van der Waals surface area contributed by atoms with Gasteiger partial charge in [0.1, 0.15) is 0 Å². The second kappa shape index (κ2) is 9.04. The Hall–Kier alpha value is -2.09. The molecule has 0 radical (unpaired) electrons. The molecule has 0 atom stereocenters. The third-order valence-corrected chi connectivity index (χ3v) is 3.85. The van der Waals surface area contributed by atoms with Gasteiger partial charge < -0.3 is 10.2 Å². The highest BCUT2D eigenvalue weighted by atomic mass is 32.2. The van der Waals surface area contributed by atoms with Crippen LogP contribution in [-0.4, -0.2) is 47.0 Å². The molecule has 1 aromatic rings. The monoisotopic (exact) mass is 325 g/mol. The number of rotatable bonds is 8. The van der Waals surface area contributed by atoms with Crippen molar-refractivity contribution in [3.8, 4) is 0 Å². The Morgan fingerprint density at radius 1 is 1.27 bits per heavy atom. The molecule has 7 nitrogen and oxygen atoms in total. The van der Waals surface area contributed by atoms with Crippen molar-refractivity contribution in [1.82, 2.24) is 10.2 Å². The number of likely N-dealkylation sites (N-methyl/N-ethyl adjacent to an activating group) is 2. The molecule has 1 N–H and O–H groups in total. The molecule has 0 saturated carbocycles. The van der Waals surface area contributed by atoms with Crippen molar-refractivity contribution in [2.45, 2.75) is 18.7 Å². The number of carbonyl (C=O) groups excluding carboxylic acids is 2. The van der Waals surface area contributed by atoms with Crippen LogP contribution in [0.3, 0.4) is 0 Å². The lowest BCUT2D eigenvalue weighted by Crippen LogP contribution is -2.41. The molecular formula is C14H19N3O4S. The minimum Gasteiger partial charge on any atom is -0.355 e. The van der Waals surface area contributed by atoms with Crippen LogP contribution in [0, 0.1) is 10.1 Å². The second-order valence-corrected chi connectivity index (χ2v) is 5.45. The van der Waals surface area contributed by atoms with E-state index in [2.05, 4.69) is 5.32 Å². The molecule has 0 heterocycles. The van der Waals surface area contributed by atoms with Gasteiger partial charge in [-0.25, -0.2) is 0 Å². The first kappa shape index (κ1) is 18.0. The molecule has 0 aliphatic heterocycles. The van der Waals surface area contributed by atoms with Crippen molar-refractivity contribution in [3.05, 3.63) is 34.4 Å². The molecule has 0 bridgehead atoms. The summed E-state index contributed by atoms with van der Waals surface area (Å²) in [5.74, 6) is -0.138. The molecular weight excluding hydrogens is 306 g/mol. The summed E-state index contributed by atoms with van der Waals surface area (Å²) in [7, 11) is 0. The fourth-order valence-electron chi connectivity index (χ4n) is 1.70. The van der Waals surface area contributed by atoms with Crippen LogP contribution in [0.4, 0.5) is 5.69 Å². The van der Waals surface area contributed by atoms with Gasteiger partial charge in [0.2, 0.25) is 11.8 Å². The molecule has 0 aliphatic rings. The van der Waals surface area contributed by atoms with Gasteiger partial charge in [-0.3, -0.25) is 19.7 Å². The number of benzene rings is 1. The zero-order chi connectivity index (χ0) is 16.5. The summed E-state index contributed by atoms with van der Waals surface area (Å²) in [5.41, 5.74) is 0.0158. The topological polar surface area (TPSA) is 92.6 Å².